The molecule has 0 spiro atoms. The number of nitrogens with zero attached hydrogens (tertiary/aromatic N) is 5. The molecule has 0 atom stereocenters. The van der Waals surface area contributed by atoms with Gasteiger partial charge in [0.25, 0.3) is 0 Å². The second-order valence-electron chi connectivity index (χ2n) is 7.13. The molecule has 0 aliphatic heterocycles. The van der Waals surface area contributed by atoms with Crippen LogP contribution in [0.3, 0.4) is 0 Å². The van der Waals surface area contributed by atoms with Crippen molar-refractivity contribution >= 4 is 22.8 Å². The summed E-state index contributed by atoms with van der Waals surface area (Å²) in [5, 5.41) is 14.8. The molecule has 34 heavy (non-hydrogen) atoms. The molecular weight excluding hydrogens is 455 g/mol. The van der Waals surface area contributed by atoms with E-state index in [-0.39, 0.29) is 5.82 Å². The zero-order valence-electron chi connectivity index (χ0n) is 17.9. The zero-order chi connectivity index (χ0) is 24.7. The highest BCUT2D eigenvalue weighted by molar-refractivity contribution is 5.92. The van der Waals surface area contributed by atoms with Crippen LogP contribution in [0.15, 0.2) is 47.2 Å². The van der Waals surface area contributed by atoms with Gasteiger partial charge in [-0.05, 0) is 35.8 Å². The Bertz CT molecular complexity index is 1240. The van der Waals surface area contributed by atoms with Gasteiger partial charge >= 0.3 is 12.1 Å². The number of unbranched alkanes of at least 4 members (excludes halogenated alkanes) is 2. The van der Waals surface area contributed by atoms with Gasteiger partial charge in [0, 0.05) is 18.3 Å². The maximum atomic E-state index is 10.6. The number of nitrogen functional groups attached to an aromatic ring is 1. The number of alkyl halides is 3. The molecule has 0 aliphatic rings. The van der Waals surface area contributed by atoms with Crippen LogP contribution < -0.4 is 11.5 Å². The topological polar surface area (TPSA) is 159 Å². The third-order valence-corrected chi connectivity index (χ3v) is 4.77. The van der Waals surface area contributed by atoms with Crippen molar-refractivity contribution in [3.8, 4) is 22.8 Å². The molecule has 0 fully saturated rings. The third-order valence-electron chi connectivity index (χ3n) is 4.77. The van der Waals surface area contributed by atoms with E-state index >= 15 is 0 Å². The number of nitrogens with two attached hydrogens (primary N) is 2. The van der Waals surface area contributed by atoms with E-state index in [1.54, 1.807) is 6.20 Å². The number of aryl methyl sites for hydroxylation is 1. The second kappa shape index (κ2) is 10.7. The highest BCUT2D eigenvalue weighted by Gasteiger charge is 2.38. The van der Waals surface area contributed by atoms with Crippen molar-refractivity contribution in [2.45, 2.75) is 32.0 Å². The molecule has 180 valence electrons. The molecule has 1 aromatic carbocycles. The first-order chi connectivity index (χ1) is 16.2. The van der Waals surface area contributed by atoms with E-state index in [4.69, 9.17) is 31.0 Å². The molecule has 0 radical (unpaired) electrons. The van der Waals surface area contributed by atoms with Gasteiger partial charge < -0.3 is 21.1 Å². The van der Waals surface area contributed by atoms with Gasteiger partial charge in [0.1, 0.15) is 5.52 Å². The Hall–Kier alpha value is -4.00. The van der Waals surface area contributed by atoms with Crippen molar-refractivity contribution in [1.29, 1.82) is 0 Å². The largest absolute Gasteiger partial charge is 0.490 e. The number of fused-ring (bicyclic) bond motifs is 1. The van der Waals surface area contributed by atoms with Crippen molar-refractivity contribution in [3.05, 3.63) is 42.6 Å². The molecule has 10 nitrogen and oxygen atoms in total. The summed E-state index contributed by atoms with van der Waals surface area (Å²) in [7, 11) is 0. The summed E-state index contributed by atoms with van der Waals surface area (Å²) in [5.41, 5.74) is 15.6. The first-order valence-electron chi connectivity index (χ1n) is 10.2. The SMILES string of the molecule is NCCCCCn1c(-c2nonc2N)nc2c(-c3ccccc3)nccc21.O=C(O)C(F)(F)F. The Labute approximate surface area is 191 Å². The van der Waals surface area contributed by atoms with Crippen LogP contribution in [0.5, 0.6) is 0 Å². The number of carbonyl (C=O) groups is 1. The van der Waals surface area contributed by atoms with Crippen LogP contribution in [0.2, 0.25) is 0 Å². The van der Waals surface area contributed by atoms with Crippen molar-refractivity contribution in [2.24, 2.45) is 5.73 Å². The predicted molar refractivity (Wildman–Crippen MR) is 117 cm³/mol. The number of hydrogen-bond donors (Lipinski definition) is 3. The fourth-order valence-corrected chi connectivity index (χ4v) is 3.21. The lowest BCUT2D eigenvalue weighted by Gasteiger charge is -2.08. The normalized spacial score (nSPS) is 11.3. The number of aromatic nitrogens is 5. The minimum absolute atomic E-state index is 0.225. The van der Waals surface area contributed by atoms with Crippen LogP contribution in [0.4, 0.5) is 19.0 Å². The summed E-state index contributed by atoms with van der Waals surface area (Å²) >= 11 is 0. The van der Waals surface area contributed by atoms with Gasteiger partial charge in [-0.25, -0.2) is 14.4 Å². The predicted octanol–water partition coefficient (Wildman–Crippen LogP) is 3.49. The first-order valence-corrected chi connectivity index (χ1v) is 10.2. The molecule has 0 bridgehead atoms. The van der Waals surface area contributed by atoms with E-state index in [0.29, 0.717) is 18.1 Å². The van der Waals surface area contributed by atoms with Gasteiger partial charge in [-0.15, -0.1) is 0 Å². The second-order valence-corrected chi connectivity index (χ2v) is 7.13. The summed E-state index contributed by atoms with van der Waals surface area (Å²) in [6.07, 6.45) is -0.272. The summed E-state index contributed by atoms with van der Waals surface area (Å²) < 4.78 is 38.6. The third kappa shape index (κ3) is 5.67. The molecule has 0 saturated heterocycles. The van der Waals surface area contributed by atoms with Crippen molar-refractivity contribution in [1.82, 2.24) is 24.8 Å². The molecule has 13 heteroatoms. The van der Waals surface area contributed by atoms with Gasteiger partial charge in [-0.3, -0.25) is 4.98 Å². The lowest BCUT2D eigenvalue weighted by atomic mass is 10.1. The minimum Gasteiger partial charge on any atom is -0.475 e. The molecule has 0 amide bonds. The van der Waals surface area contributed by atoms with Gasteiger partial charge in [-0.1, -0.05) is 36.8 Å². The van der Waals surface area contributed by atoms with Crippen LogP contribution in [0.25, 0.3) is 33.8 Å². The highest BCUT2D eigenvalue weighted by Crippen LogP contribution is 2.31. The van der Waals surface area contributed by atoms with Crippen molar-refractivity contribution in [3.63, 3.8) is 0 Å². The Morgan fingerprint density at radius 3 is 2.35 bits per heavy atom. The number of anilines is 1. The summed E-state index contributed by atoms with van der Waals surface area (Å²) in [6, 6.07) is 12.0. The summed E-state index contributed by atoms with van der Waals surface area (Å²) in [5.74, 6) is -1.89. The lowest BCUT2D eigenvalue weighted by Crippen LogP contribution is -2.21. The lowest BCUT2D eigenvalue weighted by molar-refractivity contribution is -0.192. The Morgan fingerprint density at radius 2 is 1.76 bits per heavy atom. The summed E-state index contributed by atoms with van der Waals surface area (Å²) in [6.45, 7) is 1.47. The fraction of sp³-hybridized carbons (Fsp3) is 0.286. The Morgan fingerprint density at radius 1 is 1.06 bits per heavy atom. The molecule has 0 aliphatic carbocycles. The average molecular weight is 477 g/mol. The van der Waals surface area contributed by atoms with E-state index < -0.39 is 12.1 Å². The average Bonchev–Trinajstić information content (AvgIpc) is 3.40. The number of hydrogen-bond acceptors (Lipinski definition) is 8. The first kappa shape index (κ1) is 24.6. The highest BCUT2D eigenvalue weighted by atomic mass is 19.4. The van der Waals surface area contributed by atoms with E-state index in [1.165, 1.54) is 0 Å². The maximum Gasteiger partial charge on any atom is 0.490 e. The molecule has 0 saturated carbocycles. The van der Waals surface area contributed by atoms with Crippen LogP contribution in [-0.2, 0) is 11.3 Å². The van der Waals surface area contributed by atoms with E-state index in [0.717, 1.165) is 48.1 Å². The van der Waals surface area contributed by atoms with Crippen molar-refractivity contribution < 1.29 is 27.7 Å². The fourth-order valence-electron chi connectivity index (χ4n) is 3.21. The molecule has 0 unspecified atom stereocenters. The Kier molecular flexibility index (Phi) is 7.79. The van der Waals surface area contributed by atoms with Gasteiger partial charge in [0.15, 0.2) is 17.3 Å². The number of imidazole rings is 1. The number of rotatable bonds is 7. The number of benzene rings is 1. The van der Waals surface area contributed by atoms with Crippen LogP contribution in [0, 0.1) is 0 Å². The maximum absolute atomic E-state index is 10.6. The molecule has 4 rings (SSSR count). The Balaban J connectivity index is 0.000000406. The molecule has 5 N–H and O–H groups in total. The molecule has 3 aromatic heterocycles. The van der Waals surface area contributed by atoms with Gasteiger partial charge in [0.05, 0.1) is 11.2 Å². The number of aliphatic carboxylic acids is 1. The molecule has 4 aromatic rings. The standard InChI is InChI=1S/C19H21N7O.C2HF3O2/c20-10-5-2-6-12-26-14-9-11-22-15(13-7-3-1-4-8-13)16(14)23-19(26)17-18(21)25-27-24-17;3-2(4,5)1(6)7/h1,3-4,7-9,11H,2,5-6,10,12,20H2,(H2,21,25);(H,6,7). The minimum atomic E-state index is -5.08. The number of pyridine rings is 1. The van der Waals surface area contributed by atoms with E-state index in [1.807, 2.05) is 36.4 Å². The van der Waals surface area contributed by atoms with Gasteiger partial charge in [0.2, 0.25) is 0 Å². The van der Waals surface area contributed by atoms with Gasteiger partial charge in [-0.2, -0.15) is 13.2 Å². The van der Waals surface area contributed by atoms with Crippen LogP contribution >= 0.6 is 0 Å². The quantitative estimate of drug-likeness (QED) is 0.339. The smallest absolute Gasteiger partial charge is 0.475 e. The van der Waals surface area contributed by atoms with E-state index in [2.05, 4.69) is 19.9 Å². The number of halogens is 3. The monoisotopic (exact) mass is 477 g/mol. The zero-order valence-corrected chi connectivity index (χ0v) is 17.9. The summed E-state index contributed by atoms with van der Waals surface area (Å²) in [4.78, 5) is 18.3. The van der Waals surface area contributed by atoms with Crippen LogP contribution in [0.1, 0.15) is 19.3 Å². The molecular formula is C21H22F3N7O3. The van der Waals surface area contributed by atoms with Crippen molar-refractivity contribution in [2.75, 3.05) is 12.3 Å². The number of carboxylic acids is 1. The molecule has 3 heterocycles. The van der Waals surface area contributed by atoms with E-state index in [9.17, 15) is 13.2 Å². The number of carboxylic acid groups (broad SMARTS) is 1. The van der Waals surface area contributed by atoms with Crippen LogP contribution in [-0.4, -0.2) is 48.6 Å².